The molecule has 2 saturated carbocycles. The minimum atomic E-state index is -3.04. The van der Waals surface area contributed by atoms with Gasteiger partial charge in [-0.25, -0.2) is 8.42 Å². The summed E-state index contributed by atoms with van der Waals surface area (Å²) in [6, 6.07) is 0.694. The van der Waals surface area contributed by atoms with Crippen molar-refractivity contribution in [2.45, 2.75) is 75.1 Å². The van der Waals surface area contributed by atoms with Crippen LogP contribution in [0, 0.1) is 0 Å². The van der Waals surface area contributed by atoms with Gasteiger partial charge in [0.25, 0.3) is 0 Å². The molecule has 0 aromatic carbocycles. The topological polar surface area (TPSA) is 49.4 Å². The summed E-state index contributed by atoms with van der Waals surface area (Å²) in [4.78, 5) is 0. The van der Waals surface area contributed by atoms with E-state index in [9.17, 15) is 8.42 Å². The van der Waals surface area contributed by atoms with Crippen LogP contribution in [0.5, 0.6) is 0 Å². The van der Waals surface area contributed by atoms with Gasteiger partial charge in [-0.3, -0.25) is 0 Å². The molecule has 0 bridgehead atoms. The van der Waals surface area contributed by atoms with E-state index in [-0.39, 0.29) is 5.25 Å². The third kappa shape index (κ3) is 3.14. The zero-order valence-electron chi connectivity index (χ0n) is 11.7. The molecule has 0 spiro atoms. The Balaban J connectivity index is 1.69. The fourth-order valence-corrected chi connectivity index (χ4v) is 5.82. The molecule has 1 atom stereocenters. The summed E-state index contributed by atoms with van der Waals surface area (Å²) >= 11 is 0. The zero-order chi connectivity index (χ0) is 13.3. The smallest absolute Gasteiger partial charge is 0.217 e. The number of sulfonamides is 1. The number of nitrogens with zero attached hydrogens (tertiary/aromatic N) is 1. The summed E-state index contributed by atoms with van der Waals surface area (Å²) in [6.07, 6.45) is 9.66. The Kier molecular flexibility index (Phi) is 4.15. The van der Waals surface area contributed by atoms with Crippen molar-refractivity contribution < 1.29 is 8.42 Å². The molecule has 110 valence electrons. The zero-order valence-corrected chi connectivity index (χ0v) is 12.5. The fourth-order valence-electron chi connectivity index (χ4n) is 3.50. The van der Waals surface area contributed by atoms with E-state index in [0.717, 1.165) is 51.5 Å². The molecular formula is C14H26N2O2S. The van der Waals surface area contributed by atoms with Gasteiger partial charge in [-0.15, -0.1) is 0 Å². The number of rotatable bonds is 5. The van der Waals surface area contributed by atoms with Crippen LogP contribution in [0.3, 0.4) is 0 Å². The van der Waals surface area contributed by atoms with Gasteiger partial charge in [0.15, 0.2) is 0 Å². The van der Waals surface area contributed by atoms with Crippen LogP contribution in [0.1, 0.15) is 57.8 Å². The predicted octanol–water partition coefficient (Wildman–Crippen LogP) is 1.87. The summed E-state index contributed by atoms with van der Waals surface area (Å²) in [5.41, 5.74) is 0. The Morgan fingerprint density at radius 2 is 1.63 bits per heavy atom. The molecule has 0 amide bonds. The lowest BCUT2D eigenvalue weighted by molar-refractivity contribution is 0.305. The van der Waals surface area contributed by atoms with Crippen molar-refractivity contribution in [2.75, 3.05) is 13.1 Å². The van der Waals surface area contributed by atoms with E-state index < -0.39 is 10.0 Å². The molecule has 2 aliphatic carbocycles. The average Bonchev–Trinajstić information content (AvgIpc) is 3.09. The molecule has 1 unspecified atom stereocenters. The molecular weight excluding hydrogens is 260 g/mol. The van der Waals surface area contributed by atoms with Crippen LogP contribution in [-0.2, 0) is 10.0 Å². The van der Waals surface area contributed by atoms with Crippen molar-refractivity contribution in [1.82, 2.24) is 9.62 Å². The van der Waals surface area contributed by atoms with E-state index in [1.165, 1.54) is 12.8 Å². The Bertz CT molecular complexity index is 394. The third-order valence-corrected chi connectivity index (χ3v) is 7.23. The Morgan fingerprint density at radius 3 is 2.21 bits per heavy atom. The van der Waals surface area contributed by atoms with E-state index in [0.29, 0.717) is 18.6 Å². The second kappa shape index (κ2) is 5.70. The Labute approximate surface area is 117 Å². The lowest BCUT2D eigenvalue weighted by Gasteiger charge is -2.31. The number of piperidine rings is 1. The molecule has 1 aliphatic heterocycles. The van der Waals surface area contributed by atoms with Gasteiger partial charge < -0.3 is 5.32 Å². The maximum Gasteiger partial charge on any atom is 0.217 e. The molecule has 4 nitrogen and oxygen atoms in total. The summed E-state index contributed by atoms with van der Waals surface area (Å²) in [7, 11) is -3.04. The Hall–Kier alpha value is -0.130. The van der Waals surface area contributed by atoms with Crippen molar-refractivity contribution in [3.05, 3.63) is 0 Å². The molecule has 0 radical (unpaired) electrons. The molecule has 5 heteroatoms. The number of hydrogen-bond acceptors (Lipinski definition) is 3. The predicted molar refractivity (Wildman–Crippen MR) is 76.5 cm³/mol. The minimum Gasteiger partial charge on any atom is -0.313 e. The first-order valence-corrected chi connectivity index (χ1v) is 9.42. The monoisotopic (exact) mass is 286 g/mol. The van der Waals surface area contributed by atoms with Crippen LogP contribution in [0.25, 0.3) is 0 Å². The first kappa shape index (κ1) is 13.8. The van der Waals surface area contributed by atoms with Gasteiger partial charge >= 0.3 is 0 Å². The number of nitrogens with one attached hydrogen (secondary N) is 1. The summed E-state index contributed by atoms with van der Waals surface area (Å²) < 4.78 is 27.4. The van der Waals surface area contributed by atoms with Gasteiger partial charge in [0.1, 0.15) is 0 Å². The van der Waals surface area contributed by atoms with Gasteiger partial charge in [-0.1, -0.05) is 19.3 Å². The molecule has 0 aromatic rings. The highest BCUT2D eigenvalue weighted by Crippen LogP contribution is 2.35. The van der Waals surface area contributed by atoms with E-state index in [4.69, 9.17) is 0 Å². The van der Waals surface area contributed by atoms with Gasteiger partial charge in [0.05, 0.1) is 5.25 Å². The normalized spacial score (nSPS) is 30.1. The summed E-state index contributed by atoms with van der Waals surface area (Å²) in [6.45, 7) is 1.76. The van der Waals surface area contributed by atoms with Gasteiger partial charge in [0.2, 0.25) is 10.0 Å². The van der Waals surface area contributed by atoms with Gasteiger partial charge in [-0.05, 0) is 45.1 Å². The fraction of sp³-hybridized carbons (Fsp3) is 1.00. The molecule has 1 N–H and O–H groups in total. The largest absolute Gasteiger partial charge is 0.313 e. The molecule has 3 aliphatic rings. The maximum atomic E-state index is 12.8. The van der Waals surface area contributed by atoms with Crippen molar-refractivity contribution in [1.29, 1.82) is 0 Å². The van der Waals surface area contributed by atoms with E-state index in [1.807, 2.05) is 4.31 Å². The van der Waals surface area contributed by atoms with Crippen molar-refractivity contribution >= 4 is 10.0 Å². The van der Waals surface area contributed by atoms with Crippen LogP contribution < -0.4 is 5.32 Å². The third-order valence-electron chi connectivity index (χ3n) is 4.82. The summed E-state index contributed by atoms with van der Waals surface area (Å²) in [5.74, 6) is 0. The van der Waals surface area contributed by atoms with E-state index >= 15 is 0 Å². The van der Waals surface area contributed by atoms with Crippen LogP contribution in [-0.4, -0.2) is 43.1 Å². The van der Waals surface area contributed by atoms with Crippen LogP contribution in [0.4, 0.5) is 0 Å². The van der Waals surface area contributed by atoms with Gasteiger partial charge in [0, 0.05) is 18.6 Å². The first-order valence-electron chi connectivity index (χ1n) is 7.92. The van der Waals surface area contributed by atoms with Gasteiger partial charge in [-0.2, -0.15) is 4.31 Å². The highest BCUT2D eigenvalue weighted by molar-refractivity contribution is 7.89. The molecule has 3 rings (SSSR count). The lowest BCUT2D eigenvalue weighted by atomic mass is 10.1. The molecule has 19 heavy (non-hydrogen) atoms. The van der Waals surface area contributed by atoms with Crippen molar-refractivity contribution in [2.24, 2.45) is 0 Å². The molecule has 1 heterocycles. The molecule has 0 aromatic heterocycles. The van der Waals surface area contributed by atoms with Crippen LogP contribution >= 0.6 is 0 Å². The quantitative estimate of drug-likeness (QED) is 0.839. The van der Waals surface area contributed by atoms with Crippen molar-refractivity contribution in [3.63, 3.8) is 0 Å². The summed E-state index contributed by atoms with van der Waals surface area (Å²) in [5, 5.41) is 3.40. The second-order valence-electron chi connectivity index (χ2n) is 6.40. The lowest BCUT2D eigenvalue weighted by Crippen LogP contribution is -2.48. The maximum absolute atomic E-state index is 12.8. The molecule has 1 saturated heterocycles. The Morgan fingerprint density at radius 1 is 0.947 bits per heavy atom. The molecule has 3 fully saturated rings. The van der Waals surface area contributed by atoms with Crippen LogP contribution in [0.2, 0.25) is 0 Å². The highest BCUT2D eigenvalue weighted by Gasteiger charge is 2.42. The second-order valence-corrected chi connectivity index (χ2v) is 8.56. The standard InChI is InChI=1S/C14H26N2O2S/c17-19(18,14-6-1-2-7-14)16(13-8-9-13)11-12-5-3-4-10-15-12/h12-15H,1-11H2. The SMILES string of the molecule is O=S(=O)(C1CCCC1)N(CC1CCCCN1)C1CC1. The van der Waals surface area contributed by atoms with Crippen molar-refractivity contribution in [3.8, 4) is 0 Å². The number of hydrogen-bond donors (Lipinski definition) is 1. The minimum absolute atomic E-state index is 0.0864. The van der Waals surface area contributed by atoms with Crippen LogP contribution in [0.15, 0.2) is 0 Å². The highest BCUT2D eigenvalue weighted by atomic mass is 32.2. The first-order chi connectivity index (χ1) is 9.18. The average molecular weight is 286 g/mol. The van der Waals surface area contributed by atoms with E-state index in [2.05, 4.69) is 5.32 Å². The van der Waals surface area contributed by atoms with E-state index in [1.54, 1.807) is 0 Å².